The molecule has 1 unspecified atom stereocenters. The van der Waals surface area contributed by atoms with Gasteiger partial charge in [0.15, 0.2) is 0 Å². The van der Waals surface area contributed by atoms with Crippen LogP contribution in [0.15, 0.2) is 60.6 Å². The number of allylic oxidation sites excluding steroid dienone is 6. The first kappa shape index (κ1) is 30.3. The Kier molecular flexibility index (Phi) is 10.2. The zero-order valence-electron chi connectivity index (χ0n) is 24.9. The molecule has 41 heavy (non-hydrogen) atoms. The molecule has 0 amide bonds. The molecule has 0 bridgehead atoms. The number of esters is 1. The first-order valence-electron chi connectivity index (χ1n) is 14.5. The van der Waals surface area contributed by atoms with Gasteiger partial charge in [-0.05, 0) is 87.7 Å². The number of ether oxygens (including phenoxy) is 3. The maximum Gasteiger partial charge on any atom is 0.326 e. The van der Waals surface area contributed by atoms with Crippen molar-refractivity contribution in [1.29, 1.82) is 0 Å². The van der Waals surface area contributed by atoms with Crippen molar-refractivity contribution in [3.8, 4) is 11.5 Å². The topological polar surface area (TPSA) is 64.1 Å². The van der Waals surface area contributed by atoms with E-state index in [2.05, 4.69) is 23.9 Å². The van der Waals surface area contributed by atoms with Gasteiger partial charge in [0.05, 0.1) is 25.3 Å². The number of aromatic nitrogens is 1. The molecule has 4 rings (SSSR count). The molecule has 1 aliphatic heterocycles. The molecule has 2 aromatic rings. The van der Waals surface area contributed by atoms with E-state index in [9.17, 15) is 9.18 Å². The fraction of sp³-hybridized carbons (Fsp3) is 0.455. The average molecular weight is 564 g/mol. The van der Waals surface area contributed by atoms with Crippen LogP contribution in [0.25, 0.3) is 5.57 Å². The van der Waals surface area contributed by atoms with Gasteiger partial charge in [0, 0.05) is 25.7 Å². The minimum Gasteiger partial charge on any atom is -0.493 e. The number of hydrogen-bond donors (Lipinski definition) is 0. The number of hydrogen-bond acceptors (Lipinski definition) is 7. The predicted octanol–water partition coefficient (Wildman–Crippen LogP) is 6.42. The highest BCUT2D eigenvalue weighted by atomic mass is 19.1. The highest BCUT2D eigenvalue weighted by Crippen LogP contribution is 2.39. The summed E-state index contributed by atoms with van der Waals surface area (Å²) in [5.41, 5.74) is 3.34. The van der Waals surface area contributed by atoms with Gasteiger partial charge in [-0.1, -0.05) is 25.1 Å². The lowest BCUT2D eigenvalue weighted by molar-refractivity contribution is -0.163. The van der Waals surface area contributed by atoms with Crippen LogP contribution in [0.3, 0.4) is 0 Å². The van der Waals surface area contributed by atoms with Crippen LogP contribution in [-0.4, -0.2) is 61.3 Å². The lowest BCUT2D eigenvalue weighted by Gasteiger charge is -2.42. The number of benzene rings is 1. The third kappa shape index (κ3) is 7.76. The van der Waals surface area contributed by atoms with Crippen LogP contribution in [-0.2, 0) is 16.1 Å². The summed E-state index contributed by atoms with van der Waals surface area (Å²) in [4.78, 5) is 21.4. The normalized spacial score (nSPS) is 19.0. The van der Waals surface area contributed by atoms with Crippen LogP contribution in [0, 0.1) is 6.92 Å². The van der Waals surface area contributed by atoms with Crippen molar-refractivity contribution < 1.29 is 23.4 Å². The summed E-state index contributed by atoms with van der Waals surface area (Å²) in [6, 6.07) is 8.08. The molecule has 0 saturated carbocycles. The number of aryl methyl sites for hydroxylation is 1. The van der Waals surface area contributed by atoms with Crippen molar-refractivity contribution in [1.82, 2.24) is 9.88 Å². The monoisotopic (exact) mass is 563 g/mol. The summed E-state index contributed by atoms with van der Waals surface area (Å²) in [7, 11) is 2.06. The number of halogens is 1. The van der Waals surface area contributed by atoms with E-state index in [-0.39, 0.29) is 18.3 Å². The zero-order chi connectivity index (χ0) is 29.4. The van der Waals surface area contributed by atoms with Crippen LogP contribution in [0.1, 0.15) is 56.7 Å². The molecule has 1 aromatic heterocycles. The van der Waals surface area contributed by atoms with Crippen LogP contribution in [0.5, 0.6) is 11.5 Å². The number of nitrogens with zero attached hydrogens (tertiary/aromatic N) is 3. The Labute approximate surface area is 243 Å². The Balaban J connectivity index is 1.51. The minimum absolute atomic E-state index is 0.203. The summed E-state index contributed by atoms with van der Waals surface area (Å²) in [6.45, 7) is 11.2. The van der Waals surface area contributed by atoms with Crippen LogP contribution in [0.4, 0.5) is 10.2 Å². The van der Waals surface area contributed by atoms with Crippen LogP contribution >= 0.6 is 0 Å². The van der Waals surface area contributed by atoms with E-state index in [1.165, 1.54) is 12.2 Å². The SMILES string of the molecule is CCOc1cc(CN(C)CCC2(CC)CN(c3ccc(C)cn3)CC(=O)O2)cc(OCC)c1C1=CC=C(F)C=CC1. The quantitative estimate of drug-likeness (QED) is 0.276. The molecule has 0 radical (unpaired) electrons. The van der Waals surface area contributed by atoms with E-state index in [0.29, 0.717) is 45.6 Å². The Hall–Kier alpha value is -3.65. The first-order valence-corrected chi connectivity index (χ1v) is 14.5. The second-order valence-electron chi connectivity index (χ2n) is 10.7. The fourth-order valence-corrected chi connectivity index (χ4v) is 5.33. The highest BCUT2D eigenvalue weighted by molar-refractivity contribution is 5.79. The highest BCUT2D eigenvalue weighted by Gasteiger charge is 2.40. The van der Waals surface area contributed by atoms with Gasteiger partial charge in [-0.15, -0.1) is 0 Å². The Bertz CT molecular complexity index is 1280. The molecule has 7 nitrogen and oxygen atoms in total. The Morgan fingerprint density at radius 1 is 1.12 bits per heavy atom. The molecule has 1 saturated heterocycles. The third-order valence-electron chi connectivity index (χ3n) is 7.50. The lowest BCUT2D eigenvalue weighted by atomic mass is 9.93. The summed E-state index contributed by atoms with van der Waals surface area (Å²) >= 11 is 0. The summed E-state index contributed by atoms with van der Waals surface area (Å²) in [5, 5.41) is 0. The number of rotatable bonds is 12. The van der Waals surface area contributed by atoms with Gasteiger partial charge in [-0.3, -0.25) is 4.79 Å². The van der Waals surface area contributed by atoms with E-state index < -0.39 is 5.60 Å². The molecular formula is C33H42FN3O4. The fourth-order valence-electron chi connectivity index (χ4n) is 5.33. The number of carbonyl (C=O) groups excluding carboxylic acids is 1. The average Bonchev–Trinajstić information content (AvgIpc) is 3.16. The van der Waals surface area contributed by atoms with Crippen molar-refractivity contribution in [2.45, 2.75) is 59.1 Å². The summed E-state index contributed by atoms with van der Waals surface area (Å²) in [6.07, 6.45) is 10.4. The van der Waals surface area contributed by atoms with E-state index in [0.717, 1.165) is 46.1 Å². The van der Waals surface area contributed by atoms with Crippen molar-refractivity contribution >= 4 is 17.4 Å². The maximum absolute atomic E-state index is 13.9. The smallest absolute Gasteiger partial charge is 0.326 e. The van der Waals surface area contributed by atoms with E-state index in [1.54, 1.807) is 6.08 Å². The number of cyclic esters (lactones) is 1. The van der Waals surface area contributed by atoms with Crippen molar-refractivity contribution in [2.75, 3.05) is 44.8 Å². The third-order valence-corrected chi connectivity index (χ3v) is 7.50. The van der Waals surface area contributed by atoms with Crippen molar-refractivity contribution in [2.24, 2.45) is 0 Å². The lowest BCUT2D eigenvalue weighted by Crippen LogP contribution is -2.55. The van der Waals surface area contributed by atoms with Crippen LogP contribution in [0.2, 0.25) is 0 Å². The van der Waals surface area contributed by atoms with Gasteiger partial charge in [-0.2, -0.15) is 0 Å². The maximum atomic E-state index is 13.9. The van der Waals surface area contributed by atoms with Gasteiger partial charge >= 0.3 is 5.97 Å². The minimum atomic E-state index is -0.588. The van der Waals surface area contributed by atoms with Crippen molar-refractivity contribution in [3.05, 3.63) is 77.3 Å². The number of anilines is 1. The summed E-state index contributed by atoms with van der Waals surface area (Å²) in [5.74, 6) is 1.75. The van der Waals surface area contributed by atoms with Crippen LogP contribution < -0.4 is 14.4 Å². The zero-order valence-corrected chi connectivity index (χ0v) is 24.9. The van der Waals surface area contributed by atoms with E-state index in [4.69, 9.17) is 14.2 Å². The van der Waals surface area contributed by atoms with E-state index >= 15 is 0 Å². The molecule has 0 N–H and O–H groups in total. The molecule has 1 fully saturated rings. The molecule has 1 aliphatic carbocycles. The molecule has 8 heteroatoms. The second-order valence-corrected chi connectivity index (χ2v) is 10.7. The molecule has 1 aromatic carbocycles. The number of morpholine rings is 1. The molecule has 1 atom stereocenters. The Morgan fingerprint density at radius 2 is 1.85 bits per heavy atom. The van der Waals surface area contributed by atoms with Gasteiger partial charge in [-0.25, -0.2) is 9.37 Å². The molecule has 220 valence electrons. The van der Waals surface area contributed by atoms with Gasteiger partial charge < -0.3 is 24.0 Å². The standard InChI is InChI=1S/C33H42FN3O4/c1-6-33(23-37(22-31(38)41-33)30-15-12-24(4)20-35-30)16-17-36(5)21-25-18-28(39-7-2)32(29(19-25)40-8-3)26-10-9-11-27(34)14-13-26/h9,11-15,18-20H,6-8,10,16-17,21-23H2,1-5H3. The van der Waals surface area contributed by atoms with Gasteiger partial charge in [0.25, 0.3) is 0 Å². The second kappa shape index (κ2) is 13.8. The largest absolute Gasteiger partial charge is 0.493 e. The summed E-state index contributed by atoms with van der Waals surface area (Å²) < 4.78 is 32.0. The molecule has 0 spiro atoms. The number of carbonyl (C=O) groups is 1. The molecular weight excluding hydrogens is 521 g/mol. The molecule has 2 heterocycles. The molecule has 2 aliphatic rings. The first-order chi connectivity index (χ1) is 19.8. The van der Waals surface area contributed by atoms with Gasteiger partial charge in [0.1, 0.15) is 35.3 Å². The van der Waals surface area contributed by atoms with Crippen molar-refractivity contribution in [3.63, 3.8) is 0 Å². The van der Waals surface area contributed by atoms with E-state index in [1.807, 2.05) is 62.2 Å². The van der Waals surface area contributed by atoms with Gasteiger partial charge in [0.2, 0.25) is 0 Å². The predicted molar refractivity (Wildman–Crippen MR) is 161 cm³/mol. The number of pyridine rings is 1. The Morgan fingerprint density at radius 3 is 2.49 bits per heavy atom.